The molecule has 0 aliphatic rings. The smallest absolute Gasteiger partial charge is 0.338 e. The second-order valence-electron chi connectivity index (χ2n) is 6.39. The van der Waals surface area contributed by atoms with Gasteiger partial charge in [-0.3, -0.25) is 0 Å². The molecule has 6 nitrogen and oxygen atoms in total. The van der Waals surface area contributed by atoms with Crippen molar-refractivity contribution in [3.8, 4) is 5.69 Å². The van der Waals surface area contributed by atoms with E-state index in [-0.39, 0.29) is 18.0 Å². The number of hydrogen-bond acceptors (Lipinski definition) is 5. The zero-order valence-electron chi connectivity index (χ0n) is 14.0. The van der Waals surface area contributed by atoms with Crippen LogP contribution in [0, 0.1) is 0 Å². The summed E-state index contributed by atoms with van der Waals surface area (Å²) in [5.41, 5.74) is 2.47. The summed E-state index contributed by atoms with van der Waals surface area (Å²) in [6.45, 7) is 8.33. The van der Waals surface area contributed by atoms with Crippen molar-refractivity contribution in [2.45, 2.75) is 46.1 Å². The molecule has 1 N–H and O–H groups in total. The molecule has 0 unspecified atom stereocenters. The molecule has 2 rings (SSSR count). The van der Waals surface area contributed by atoms with Crippen molar-refractivity contribution >= 4 is 5.97 Å². The Balaban J connectivity index is 2.33. The first-order valence-corrected chi connectivity index (χ1v) is 7.72. The second kappa shape index (κ2) is 6.91. The predicted molar refractivity (Wildman–Crippen MR) is 86.6 cm³/mol. The average Bonchev–Trinajstić information content (AvgIpc) is 2.97. The Hall–Kier alpha value is -2.21. The number of benzene rings is 1. The van der Waals surface area contributed by atoms with Crippen molar-refractivity contribution in [1.82, 2.24) is 15.0 Å². The van der Waals surface area contributed by atoms with Crippen LogP contribution in [-0.4, -0.2) is 32.7 Å². The van der Waals surface area contributed by atoms with E-state index in [9.17, 15) is 9.90 Å². The van der Waals surface area contributed by atoms with Gasteiger partial charge in [-0.05, 0) is 30.7 Å². The van der Waals surface area contributed by atoms with Crippen LogP contribution in [0.25, 0.3) is 5.69 Å². The van der Waals surface area contributed by atoms with Crippen molar-refractivity contribution in [3.63, 3.8) is 0 Å². The normalized spacial score (nSPS) is 11.5. The molecule has 0 spiro atoms. The summed E-state index contributed by atoms with van der Waals surface area (Å²) >= 11 is 0. The van der Waals surface area contributed by atoms with Gasteiger partial charge in [-0.15, -0.1) is 5.10 Å². The number of nitrogens with zero attached hydrogens (tertiary/aromatic N) is 3. The van der Waals surface area contributed by atoms with Crippen LogP contribution in [0.1, 0.15) is 55.9 Å². The van der Waals surface area contributed by atoms with E-state index in [0.29, 0.717) is 17.9 Å². The highest BCUT2D eigenvalue weighted by atomic mass is 16.5. The molecule has 0 atom stereocenters. The Bertz CT molecular complexity index is 669. The van der Waals surface area contributed by atoms with Gasteiger partial charge in [-0.25, -0.2) is 9.48 Å². The van der Waals surface area contributed by atoms with Gasteiger partial charge in [0.15, 0.2) is 0 Å². The van der Waals surface area contributed by atoms with Gasteiger partial charge in [0, 0.05) is 5.41 Å². The molecule has 2 aromatic rings. The second-order valence-corrected chi connectivity index (χ2v) is 6.39. The number of hydrogen-bond donors (Lipinski definition) is 1. The van der Waals surface area contributed by atoms with Crippen LogP contribution in [0.5, 0.6) is 0 Å². The SMILES string of the molecule is CCCOC(=O)c1ccc(-n2nnc(CO)c2C(C)(C)C)cc1. The van der Waals surface area contributed by atoms with E-state index in [0.717, 1.165) is 17.8 Å². The first-order valence-electron chi connectivity index (χ1n) is 7.72. The summed E-state index contributed by atoms with van der Waals surface area (Å²) < 4.78 is 6.82. The van der Waals surface area contributed by atoms with Crippen LogP contribution in [-0.2, 0) is 16.8 Å². The number of rotatable bonds is 5. The summed E-state index contributed by atoms with van der Waals surface area (Å²) in [5, 5.41) is 17.6. The van der Waals surface area contributed by atoms with Crippen LogP contribution in [0.4, 0.5) is 0 Å². The molecule has 1 heterocycles. The van der Waals surface area contributed by atoms with Gasteiger partial charge in [0.05, 0.1) is 30.2 Å². The van der Waals surface area contributed by atoms with E-state index < -0.39 is 0 Å². The van der Waals surface area contributed by atoms with Crippen molar-refractivity contribution < 1.29 is 14.6 Å². The molecule has 0 fully saturated rings. The monoisotopic (exact) mass is 317 g/mol. The summed E-state index contributed by atoms with van der Waals surface area (Å²) in [5.74, 6) is -0.330. The molecule has 6 heteroatoms. The van der Waals surface area contributed by atoms with Gasteiger partial charge >= 0.3 is 5.97 Å². The summed E-state index contributed by atoms with van der Waals surface area (Å²) in [4.78, 5) is 11.8. The maximum atomic E-state index is 11.8. The van der Waals surface area contributed by atoms with E-state index in [4.69, 9.17) is 4.74 Å². The number of aliphatic hydroxyl groups excluding tert-OH is 1. The lowest BCUT2D eigenvalue weighted by Crippen LogP contribution is -2.19. The quantitative estimate of drug-likeness (QED) is 0.858. The minimum atomic E-state index is -0.330. The molecule has 124 valence electrons. The first kappa shape index (κ1) is 17.1. The molecule has 0 bridgehead atoms. The number of aromatic nitrogens is 3. The van der Waals surface area contributed by atoms with E-state index in [1.807, 2.05) is 27.7 Å². The molecule has 1 aromatic heterocycles. The fourth-order valence-corrected chi connectivity index (χ4v) is 2.37. The maximum absolute atomic E-state index is 11.8. The highest BCUT2D eigenvalue weighted by molar-refractivity contribution is 5.89. The van der Waals surface area contributed by atoms with E-state index in [1.54, 1.807) is 28.9 Å². The number of carbonyl (C=O) groups excluding carboxylic acids is 1. The molecule has 0 aliphatic carbocycles. The molecule has 0 amide bonds. The van der Waals surface area contributed by atoms with Crippen LogP contribution < -0.4 is 0 Å². The van der Waals surface area contributed by atoms with Crippen molar-refractivity contribution in [2.75, 3.05) is 6.61 Å². The number of ether oxygens (including phenoxy) is 1. The van der Waals surface area contributed by atoms with E-state index >= 15 is 0 Å². The largest absolute Gasteiger partial charge is 0.462 e. The molecular formula is C17H23N3O3. The standard InChI is InChI=1S/C17H23N3O3/c1-5-10-23-16(22)12-6-8-13(9-7-12)20-15(17(2,3)4)14(11-21)18-19-20/h6-9,21H,5,10-11H2,1-4H3. The lowest BCUT2D eigenvalue weighted by molar-refractivity contribution is 0.0505. The average molecular weight is 317 g/mol. The maximum Gasteiger partial charge on any atom is 0.338 e. The molecule has 0 saturated carbocycles. The summed E-state index contributed by atoms with van der Waals surface area (Å²) in [7, 11) is 0. The van der Waals surface area contributed by atoms with Crippen molar-refractivity contribution in [1.29, 1.82) is 0 Å². The van der Waals surface area contributed by atoms with Gasteiger partial charge < -0.3 is 9.84 Å². The lowest BCUT2D eigenvalue weighted by Gasteiger charge is -2.21. The summed E-state index contributed by atoms with van der Waals surface area (Å²) in [6.07, 6.45) is 0.793. The zero-order valence-corrected chi connectivity index (χ0v) is 14.0. The fraction of sp³-hybridized carbons (Fsp3) is 0.471. The molecule has 0 radical (unpaired) electrons. The topological polar surface area (TPSA) is 77.2 Å². The predicted octanol–water partition coefficient (Wildman–Crippen LogP) is 2.62. The van der Waals surface area contributed by atoms with Crippen molar-refractivity contribution in [3.05, 3.63) is 41.2 Å². The minimum absolute atomic E-state index is 0.159. The molecule has 23 heavy (non-hydrogen) atoms. The van der Waals surface area contributed by atoms with Gasteiger partial charge in [0.1, 0.15) is 5.69 Å². The molecule has 0 saturated heterocycles. The van der Waals surface area contributed by atoms with Crippen LogP contribution in [0.2, 0.25) is 0 Å². The Labute approximate surface area is 136 Å². The fourth-order valence-electron chi connectivity index (χ4n) is 2.37. The Morgan fingerprint density at radius 1 is 1.26 bits per heavy atom. The third kappa shape index (κ3) is 3.76. The highest BCUT2D eigenvalue weighted by Crippen LogP contribution is 2.27. The Morgan fingerprint density at radius 2 is 1.91 bits per heavy atom. The van der Waals surface area contributed by atoms with Gasteiger partial charge in [-0.1, -0.05) is 32.9 Å². The highest BCUT2D eigenvalue weighted by Gasteiger charge is 2.25. The Kier molecular flexibility index (Phi) is 5.15. The molecule has 1 aromatic carbocycles. The number of carbonyl (C=O) groups is 1. The van der Waals surface area contributed by atoms with Crippen LogP contribution in [0.15, 0.2) is 24.3 Å². The van der Waals surface area contributed by atoms with Crippen molar-refractivity contribution in [2.24, 2.45) is 0 Å². The van der Waals surface area contributed by atoms with Gasteiger partial charge in [0.25, 0.3) is 0 Å². The molecular weight excluding hydrogens is 294 g/mol. The number of aliphatic hydroxyl groups is 1. The van der Waals surface area contributed by atoms with Gasteiger partial charge in [-0.2, -0.15) is 0 Å². The third-order valence-corrected chi connectivity index (χ3v) is 3.39. The first-order chi connectivity index (χ1) is 10.9. The molecule has 0 aliphatic heterocycles. The third-order valence-electron chi connectivity index (χ3n) is 3.39. The minimum Gasteiger partial charge on any atom is -0.462 e. The van der Waals surface area contributed by atoms with E-state index in [2.05, 4.69) is 10.3 Å². The summed E-state index contributed by atoms with van der Waals surface area (Å²) in [6, 6.07) is 7.02. The Morgan fingerprint density at radius 3 is 2.43 bits per heavy atom. The van der Waals surface area contributed by atoms with E-state index in [1.165, 1.54) is 0 Å². The van der Waals surface area contributed by atoms with Crippen LogP contribution in [0.3, 0.4) is 0 Å². The zero-order chi connectivity index (χ0) is 17.0. The van der Waals surface area contributed by atoms with Gasteiger partial charge in [0.2, 0.25) is 0 Å². The lowest BCUT2D eigenvalue weighted by atomic mass is 9.90. The number of esters is 1. The van der Waals surface area contributed by atoms with Crippen LogP contribution >= 0.6 is 0 Å².